The highest BCUT2D eigenvalue weighted by molar-refractivity contribution is 6.30. The SMILES string of the molecule is C[C@@H]1C[C@@H](O)c2ncnc(N3CCN(C(=O)C(CNC4CCOCC4)c4ccc(Cl)cc4F)CC3)c21. The molecule has 0 bridgehead atoms. The molecule has 3 aliphatic rings. The molecule has 3 heterocycles. The van der Waals surface area contributed by atoms with Gasteiger partial charge in [-0.15, -0.1) is 0 Å². The number of amides is 1. The van der Waals surface area contributed by atoms with Crippen LogP contribution in [0.1, 0.15) is 60.9 Å². The molecule has 1 aromatic carbocycles. The lowest BCUT2D eigenvalue weighted by molar-refractivity contribution is -0.133. The highest BCUT2D eigenvalue weighted by atomic mass is 35.5. The van der Waals surface area contributed by atoms with E-state index >= 15 is 0 Å². The van der Waals surface area contributed by atoms with E-state index in [9.17, 15) is 14.3 Å². The number of fused-ring (bicyclic) bond motifs is 1. The molecule has 5 rings (SSSR count). The Labute approximate surface area is 215 Å². The van der Waals surface area contributed by atoms with Gasteiger partial charge in [-0.1, -0.05) is 24.6 Å². The molecular formula is C26H33ClFN5O3. The quantitative estimate of drug-likeness (QED) is 0.608. The second-order valence-corrected chi connectivity index (χ2v) is 10.4. The number of hydrogen-bond acceptors (Lipinski definition) is 7. The maximum absolute atomic E-state index is 14.9. The van der Waals surface area contributed by atoms with Crippen LogP contribution in [0.2, 0.25) is 5.02 Å². The van der Waals surface area contributed by atoms with Gasteiger partial charge in [0.05, 0.1) is 17.7 Å². The van der Waals surface area contributed by atoms with Gasteiger partial charge < -0.3 is 25.0 Å². The van der Waals surface area contributed by atoms with Crippen LogP contribution in [0.25, 0.3) is 0 Å². The van der Waals surface area contributed by atoms with Crippen LogP contribution in [0.15, 0.2) is 24.5 Å². The van der Waals surface area contributed by atoms with Crippen LogP contribution in [0.4, 0.5) is 10.2 Å². The minimum atomic E-state index is -0.643. The number of anilines is 1. The first kappa shape index (κ1) is 25.3. The molecule has 2 aliphatic heterocycles. The van der Waals surface area contributed by atoms with Gasteiger partial charge in [0, 0.05) is 68.1 Å². The number of piperazine rings is 1. The van der Waals surface area contributed by atoms with Crippen LogP contribution in [0.3, 0.4) is 0 Å². The van der Waals surface area contributed by atoms with Crippen molar-refractivity contribution in [2.24, 2.45) is 0 Å². The second-order valence-electron chi connectivity index (χ2n) is 9.97. The summed E-state index contributed by atoms with van der Waals surface area (Å²) in [6.45, 7) is 6.07. The van der Waals surface area contributed by atoms with Crippen LogP contribution in [0.5, 0.6) is 0 Å². The summed E-state index contributed by atoms with van der Waals surface area (Å²) in [5.41, 5.74) is 2.08. The van der Waals surface area contributed by atoms with Gasteiger partial charge in [-0.3, -0.25) is 4.79 Å². The number of halogens is 2. The van der Waals surface area contributed by atoms with Crippen LogP contribution in [0, 0.1) is 5.82 Å². The molecule has 2 saturated heterocycles. The van der Waals surface area contributed by atoms with Gasteiger partial charge in [0.2, 0.25) is 5.91 Å². The Morgan fingerprint density at radius 2 is 2.00 bits per heavy atom. The van der Waals surface area contributed by atoms with Gasteiger partial charge in [0.25, 0.3) is 0 Å². The van der Waals surface area contributed by atoms with Crippen LogP contribution < -0.4 is 10.2 Å². The highest BCUT2D eigenvalue weighted by Crippen LogP contribution is 2.42. The number of aliphatic hydroxyl groups is 1. The van der Waals surface area contributed by atoms with Gasteiger partial charge in [0.15, 0.2) is 0 Å². The molecule has 2 aromatic rings. The van der Waals surface area contributed by atoms with Gasteiger partial charge in [0.1, 0.15) is 18.0 Å². The van der Waals surface area contributed by atoms with Crippen molar-refractivity contribution in [3.63, 3.8) is 0 Å². The predicted molar refractivity (Wildman–Crippen MR) is 135 cm³/mol. The van der Waals surface area contributed by atoms with Crippen LogP contribution >= 0.6 is 11.6 Å². The Morgan fingerprint density at radius 1 is 1.25 bits per heavy atom. The Kier molecular flexibility index (Phi) is 7.71. The van der Waals surface area contributed by atoms with E-state index in [-0.39, 0.29) is 17.9 Å². The lowest BCUT2D eigenvalue weighted by Crippen LogP contribution is -2.52. The van der Waals surface area contributed by atoms with Crippen molar-refractivity contribution in [1.82, 2.24) is 20.2 Å². The van der Waals surface area contributed by atoms with E-state index in [0.29, 0.717) is 68.6 Å². The number of carbonyl (C=O) groups is 1. The molecule has 2 fully saturated rings. The molecule has 1 aromatic heterocycles. The Bertz CT molecular complexity index is 1090. The number of ether oxygens (including phenoxy) is 1. The van der Waals surface area contributed by atoms with E-state index in [1.807, 2.05) is 4.90 Å². The van der Waals surface area contributed by atoms with Crippen LogP contribution in [-0.2, 0) is 9.53 Å². The molecule has 0 saturated carbocycles. The summed E-state index contributed by atoms with van der Waals surface area (Å²) in [6.07, 6.45) is 3.35. The lowest BCUT2D eigenvalue weighted by atomic mass is 9.95. The molecule has 0 spiro atoms. The number of nitrogens with zero attached hydrogens (tertiary/aromatic N) is 4. The predicted octanol–water partition coefficient (Wildman–Crippen LogP) is 3.01. The molecule has 10 heteroatoms. The fourth-order valence-electron chi connectivity index (χ4n) is 5.61. The molecule has 0 radical (unpaired) electrons. The van der Waals surface area contributed by atoms with Gasteiger partial charge in [-0.25, -0.2) is 14.4 Å². The fourth-order valence-corrected chi connectivity index (χ4v) is 5.77. The Hall–Kier alpha value is -2.33. The summed E-state index contributed by atoms with van der Waals surface area (Å²) in [5.74, 6) is -0.170. The number of carbonyl (C=O) groups excluding carboxylic acids is 1. The van der Waals surface area contributed by atoms with E-state index in [2.05, 4.69) is 27.1 Å². The minimum Gasteiger partial charge on any atom is -0.387 e. The van der Waals surface area contributed by atoms with Gasteiger partial charge in [-0.05, 0) is 37.3 Å². The smallest absolute Gasteiger partial charge is 0.231 e. The van der Waals surface area contributed by atoms with Crippen molar-refractivity contribution in [3.8, 4) is 0 Å². The van der Waals surface area contributed by atoms with Gasteiger partial charge in [-0.2, -0.15) is 0 Å². The number of nitrogens with one attached hydrogen (secondary N) is 1. The first-order valence-corrected chi connectivity index (χ1v) is 13.1. The molecule has 1 aliphatic carbocycles. The van der Waals surface area contributed by atoms with E-state index in [1.54, 1.807) is 12.1 Å². The lowest BCUT2D eigenvalue weighted by Gasteiger charge is -2.38. The number of aromatic nitrogens is 2. The standard InChI is InChI=1S/C26H33ClFN5O3/c1-16-12-22(34)24-23(16)25(31-15-30-24)32-6-8-33(9-7-32)26(35)20(14-29-18-4-10-36-11-5-18)19-3-2-17(27)13-21(19)28/h2-3,13,15-16,18,20,22,29,34H,4-12,14H2,1H3/t16-,20?,22-/m1/s1. The normalized spacial score (nSPS) is 23.6. The largest absolute Gasteiger partial charge is 0.387 e. The van der Waals surface area contributed by atoms with Crippen molar-refractivity contribution >= 4 is 23.3 Å². The van der Waals surface area contributed by atoms with E-state index in [1.165, 1.54) is 12.4 Å². The van der Waals surface area contributed by atoms with Crippen molar-refractivity contribution < 1.29 is 19.0 Å². The molecule has 194 valence electrons. The number of rotatable bonds is 6. The fraction of sp³-hybridized carbons (Fsp3) is 0.577. The molecular weight excluding hydrogens is 485 g/mol. The van der Waals surface area contributed by atoms with Crippen molar-refractivity contribution in [1.29, 1.82) is 0 Å². The Morgan fingerprint density at radius 3 is 2.72 bits per heavy atom. The average molecular weight is 518 g/mol. The third-order valence-corrected chi connectivity index (χ3v) is 7.87. The molecule has 8 nitrogen and oxygen atoms in total. The monoisotopic (exact) mass is 517 g/mol. The summed E-state index contributed by atoms with van der Waals surface area (Å²) in [6, 6.07) is 4.78. The zero-order valence-electron chi connectivity index (χ0n) is 20.5. The summed E-state index contributed by atoms with van der Waals surface area (Å²) < 4.78 is 20.4. The summed E-state index contributed by atoms with van der Waals surface area (Å²) in [7, 11) is 0. The zero-order chi connectivity index (χ0) is 25.2. The van der Waals surface area contributed by atoms with Crippen molar-refractivity contribution in [2.45, 2.75) is 50.2 Å². The maximum atomic E-state index is 14.9. The highest BCUT2D eigenvalue weighted by Gasteiger charge is 2.35. The van der Waals surface area contributed by atoms with Crippen molar-refractivity contribution in [3.05, 3.63) is 52.2 Å². The van der Waals surface area contributed by atoms with Crippen molar-refractivity contribution in [2.75, 3.05) is 50.8 Å². The Balaban J connectivity index is 1.30. The summed E-state index contributed by atoms with van der Waals surface area (Å²) >= 11 is 5.99. The van der Waals surface area contributed by atoms with Crippen LogP contribution in [-0.4, -0.2) is 77.9 Å². The number of aliphatic hydroxyl groups excluding tert-OH is 1. The first-order valence-electron chi connectivity index (χ1n) is 12.7. The molecule has 1 amide bonds. The molecule has 1 unspecified atom stereocenters. The maximum Gasteiger partial charge on any atom is 0.231 e. The topological polar surface area (TPSA) is 90.8 Å². The number of hydrogen-bond donors (Lipinski definition) is 2. The zero-order valence-corrected chi connectivity index (χ0v) is 21.3. The van der Waals surface area contributed by atoms with E-state index < -0.39 is 17.8 Å². The summed E-state index contributed by atoms with van der Waals surface area (Å²) in [5, 5.41) is 14.1. The van der Waals surface area contributed by atoms with Gasteiger partial charge >= 0.3 is 0 Å². The third kappa shape index (κ3) is 5.20. The van der Waals surface area contributed by atoms with E-state index in [0.717, 1.165) is 24.2 Å². The average Bonchev–Trinajstić information content (AvgIpc) is 3.19. The third-order valence-electron chi connectivity index (χ3n) is 7.64. The number of benzene rings is 1. The summed E-state index contributed by atoms with van der Waals surface area (Å²) in [4.78, 5) is 26.5. The molecule has 2 N–H and O–H groups in total. The first-order chi connectivity index (χ1) is 17.4. The second kappa shape index (κ2) is 11.0. The van der Waals surface area contributed by atoms with E-state index in [4.69, 9.17) is 16.3 Å². The minimum absolute atomic E-state index is 0.0906. The molecule has 3 atom stereocenters. The molecule has 36 heavy (non-hydrogen) atoms.